The maximum atomic E-state index is 13.5. The molecule has 2 aromatic heterocycles. The summed E-state index contributed by atoms with van der Waals surface area (Å²) in [7, 11) is -3.84. The predicted octanol–water partition coefficient (Wildman–Crippen LogP) is 2.59. The molecular formula is C22H24N4O3S. The van der Waals surface area contributed by atoms with Crippen molar-refractivity contribution in [1.29, 1.82) is 0 Å². The van der Waals surface area contributed by atoms with E-state index in [1.165, 1.54) is 16.8 Å². The molecule has 8 heteroatoms. The number of benzene rings is 1. The van der Waals surface area contributed by atoms with Crippen LogP contribution in [0.1, 0.15) is 37.9 Å². The third kappa shape index (κ3) is 3.20. The number of pyridine rings is 1. The fraction of sp³-hybridized carbons (Fsp3) is 0.364. The number of aromatic nitrogens is 2. The number of fused-ring (bicyclic) bond motifs is 1. The zero-order chi connectivity index (χ0) is 20.9. The molecule has 0 radical (unpaired) electrons. The molecule has 2 fully saturated rings. The Kier molecular flexibility index (Phi) is 4.44. The summed E-state index contributed by atoms with van der Waals surface area (Å²) in [6, 6.07) is 11.1. The number of rotatable bonds is 5. The van der Waals surface area contributed by atoms with E-state index in [4.69, 9.17) is 0 Å². The largest absolute Gasteiger partial charge is 0.347 e. The van der Waals surface area contributed by atoms with E-state index in [0.29, 0.717) is 22.0 Å². The van der Waals surface area contributed by atoms with Crippen molar-refractivity contribution < 1.29 is 13.2 Å². The molecule has 3 heterocycles. The Bertz CT molecular complexity index is 1220. The van der Waals surface area contributed by atoms with Gasteiger partial charge in [-0.1, -0.05) is 18.2 Å². The number of carbonyl (C=O) groups excluding carboxylic acids is 1. The minimum absolute atomic E-state index is 0.0849. The van der Waals surface area contributed by atoms with Crippen molar-refractivity contribution in [3.05, 3.63) is 60.6 Å². The van der Waals surface area contributed by atoms with Gasteiger partial charge in [0.05, 0.1) is 28.2 Å². The van der Waals surface area contributed by atoms with Crippen molar-refractivity contribution in [2.45, 2.75) is 43.2 Å². The van der Waals surface area contributed by atoms with Gasteiger partial charge in [0, 0.05) is 24.3 Å². The van der Waals surface area contributed by atoms with E-state index in [9.17, 15) is 13.2 Å². The van der Waals surface area contributed by atoms with Crippen molar-refractivity contribution >= 4 is 26.8 Å². The number of hydrogen-bond donors (Lipinski definition) is 2. The highest BCUT2D eigenvalue weighted by atomic mass is 32.2. The molecule has 1 spiro atoms. The molecular weight excluding hydrogens is 400 g/mol. The second-order valence-corrected chi connectivity index (χ2v) is 10.2. The summed E-state index contributed by atoms with van der Waals surface area (Å²) in [6.07, 6.45) is 6.41. The third-order valence-corrected chi connectivity index (χ3v) is 8.06. The van der Waals surface area contributed by atoms with Crippen molar-refractivity contribution in [1.82, 2.24) is 19.6 Å². The number of hydrogen-bond acceptors (Lipinski definition) is 5. The second-order valence-electron chi connectivity index (χ2n) is 8.45. The smallest absolute Gasteiger partial charge is 0.268 e. The van der Waals surface area contributed by atoms with E-state index in [1.807, 2.05) is 6.92 Å². The van der Waals surface area contributed by atoms with Crippen LogP contribution in [0, 0.1) is 5.41 Å². The molecule has 30 heavy (non-hydrogen) atoms. The van der Waals surface area contributed by atoms with Gasteiger partial charge in [-0.05, 0) is 55.9 Å². The lowest BCUT2D eigenvalue weighted by molar-refractivity contribution is -0.123. The van der Waals surface area contributed by atoms with Crippen LogP contribution in [0.4, 0.5) is 0 Å². The summed E-state index contributed by atoms with van der Waals surface area (Å²) in [5, 5.41) is 7.05. The SMILES string of the molecule is C[C@@H](NC(=O)C1CC2(CC2)CN1)c1cc2cnccc2n1S(=O)(=O)c1ccccc1. The molecule has 156 valence electrons. The molecule has 5 rings (SSSR count). The van der Waals surface area contributed by atoms with Gasteiger partial charge in [-0.2, -0.15) is 0 Å². The van der Waals surface area contributed by atoms with E-state index in [-0.39, 0.29) is 16.8 Å². The molecule has 2 aliphatic rings. The Labute approximate surface area is 175 Å². The Balaban J connectivity index is 1.51. The van der Waals surface area contributed by atoms with Crippen molar-refractivity contribution in [2.24, 2.45) is 5.41 Å². The molecule has 1 saturated carbocycles. The first-order valence-electron chi connectivity index (χ1n) is 10.2. The molecule has 1 amide bonds. The zero-order valence-electron chi connectivity index (χ0n) is 16.7. The topological polar surface area (TPSA) is 93.1 Å². The molecule has 1 saturated heterocycles. The maximum Gasteiger partial charge on any atom is 0.268 e. The Hall–Kier alpha value is -2.71. The minimum Gasteiger partial charge on any atom is -0.347 e. The summed E-state index contributed by atoms with van der Waals surface area (Å²) in [5.74, 6) is -0.0849. The average molecular weight is 425 g/mol. The van der Waals surface area contributed by atoms with E-state index < -0.39 is 16.1 Å². The first kappa shape index (κ1) is 19.3. The van der Waals surface area contributed by atoms with Crippen LogP contribution in [0.3, 0.4) is 0 Å². The summed E-state index contributed by atoms with van der Waals surface area (Å²) >= 11 is 0. The Morgan fingerprint density at radius 2 is 2.03 bits per heavy atom. The molecule has 0 bridgehead atoms. The molecule has 3 aromatic rings. The standard InChI is InChI=1S/C22H24N4O3S/c1-15(25-21(27)18-12-22(8-9-22)14-24-18)20-11-16-13-23-10-7-19(16)26(20)30(28,29)17-5-3-2-4-6-17/h2-7,10-11,13,15,18,24H,8-9,12,14H2,1H3,(H,25,27)/t15-,18?/m1/s1. The van der Waals surface area contributed by atoms with Crippen LogP contribution in [0.5, 0.6) is 0 Å². The summed E-state index contributed by atoms with van der Waals surface area (Å²) < 4.78 is 28.3. The Morgan fingerprint density at radius 3 is 2.73 bits per heavy atom. The van der Waals surface area contributed by atoms with Gasteiger partial charge < -0.3 is 10.6 Å². The molecule has 1 unspecified atom stereocenters. The molecule has 1 aliphatic heterocycles. The average Bonchev–Trinajstić information content (AvgIpc) is 3.19. The lowest BCUT2D eigenvalue weighted by Crippen LogP contribution is -2.42. The van der Waals surface area contributed by atoms with E-state index in [1.54, 1.807) is 54.9 Å². The lowest BCUT2D eigenvalue weighted by Gasteiger charge is -2.20. The predicted molar refractivity (Wildman–Crippen MR) is 113 cm³/mol. The molecule has 2 atom stereocenters. The fourth-order valence-corrected chi connectivity index (χ4v) is 5.99. The molecule has 7 nitrogen and oxygen atoms in total. The van der Waals surface area contributed by atoms with Crippen LogP contribution >= 0.6 is 0 Å². The van der Waals surface area contributed by atoms with Gasteiger partial charge in [-0.3, -0.25) is 9.78 Å². The quantitative estimate of drug-likeness (QED) is 0.657. The molecule has 1 aromatic carbocycles. The first-order chi connectivity index (χ1) is 14.4. The second kappa shape index (κ2) is 6.92. The Morgan fingerprint density at radius 1 is 1.27 bits per heavy atom. The van der Waals surface area contributed by atoms with Crippen molar-refractivity contribution in [3.63, 3.8) is 0 Å². The van der Waals surface area contributed by atoms with Crippen LogP contribution in [0.2, 0.25) is 0 Å². The fourth-order valence-electron chi connectivity index (χ4n) is 4.37. The number of nitrogens with one attached hydrogen (secondary N) is 2. The van der Waals surface area contributed by atoms with Crippen LogP contribution in [-0.4, -0.2) is 35.9 Å². The number of nitrogens with zero attached hydrogens (tertiary/aromatic N) is 2. The monoisotopic (exact) mass is 424 g/mol. The van der Waals surface area contributed by atoms with Gasteiger partial charge in [0.1, 0.15) is 0 Å². The van der Waals surface area contributed by atoms with Gasteiger partial charge in [-0.25, -0.2) is 12.4 Å². The van der Waals surface area contributed by atoms with Crippen LogP contribution in [0.15, 0.2) is 59.8 Å². The van der Waals surface area contributed by atoms with Gasteiger partial charge >= 0.3 is 0 Å². The van der Waals surface area contributed by atoms with Gasteiger partial charge in [0.15, 0.2) is 0 Å². The summed E-state index contributed by atoms with van der Waals surface area (Å²) in [4.78, 5) is 17.2. The van der Waals surface area contributed by atoms with Gasteiger partial charge in [-0.15, -0.1) is 0 Å². The highest BCUT2D eigenvalue weighted by Gasteiger charge is 2.50. The van der Waals surface area contributed by atoms with E-state index in [2.05, 4.69) is 15.6 Å². The third-order valence-electron chi connectivity index (χ3n) is 6.30. The summed E-state index contributed by atoms with van der Waals surface area (Å²) in [6.45, 7) is 2.70. The molecule has 2 N–H and O–H groups in total. The first-order valence-corrected chi connectivity index (χ1v) is 11.6. The van der Waals surface area contributed by atoms with E-state index in [0.717, 1.165) is 13.0 Å². The van der Waals surface area contributed by atoms with Crippen LogP contribution in [0.25, 0.3) is 10.9 Å². The minimum atomic E-state index is -3.84. The van der Waals surface area contributed by atoms with Crippen molar-refractivity contribution in [2.75, 3.05) is 6.54 Å². The van der Waals surface area contributed by atoms with Gasteiger partial charge in [0.25, 0.3) is 10.0 Å². The normalized spacial score (nSPS) is 21.0. The van der Waals surface area contributed by atoms with Crippen molar-refractivity contribution in [3.8, 4) is 0 Å². The molecule has 1 aliphatic carbocycles. The zero-order valence-corrected chi connectivity index (χ0v) is 17.5. The van der Waals surface area contributed by atoms with Crippen LogP contribution in [-0.2, 0) is 14.8 Å². The van der Waals surface area contributed by atoms with Gasteiger partial charge in [0.2, 0.25) is 5.91 Å². The highest BCUT2D eigenvalue weighted by molar-refractivity contribution is 7.90. The lowest BCUT2D eigenvalue weighted by atomic mass is 10.0. The van der Waals surface area contributed by atoms with Crippen LogP contribution < -0.4 is 10.6 Å². The summed E-state index contributed by atoms with van der Waals surface area (Å²) in [5.41, 5.74) is 1.36. The highest BCUT2D eigenvalue weighted by Crippen LogP contribution is 2.51. The maximum absolute atomic E-state index is 13.5. The number of amides is 1. The van der Waals surface area contributed by atoms with E-state index >= 15 is 0 Å². The number of carbonyl (C=O) groups is 1.